The van der Waals surface area contributed by atoms with Gasteiger partial charge in [-0.15, -0.1) is 0 Å². The summed E-state index contributed by atoms with van der Waals surface area (Å²) in [6.07, 6.45) is -1.63. The van der Waals surface area contributed by atoms with E-state index in [0.717, 1.165) is 49.5 Å². The molecule has 1 atom stereocenters. The molecule has 4 aromatic rings. The summed E-state index contributed by atoms with van der Waals surface area (Å²) in [6, 6.07) is 19.1. The van der Waals surface area contributed by atoms with Crippen molar-refractivity contribution in [3.05, 3.63) is 111 Å². The molecule has 3 aromatic carbocycles. The van der Waals surface area contributed by atoms with Crippen molar-refractivity contribution >= 4 is 5.82 Å². The molecule has 43 heavy (non-hydrogen) atoms. The van der Waals surface area contributed by atoms with Gasteiger partial charge in [-0.05, 0) is 70.0 Å². The van der Waals surface area contributed by atoms with Crippen LogP contribution in [0.1, 0.15) is 34.2 Å². The molecule has 1 aromatic heterocycles. The van der Waals surface area contributed by atoms with Crippen molar-refractivity contribution in [1.82, 2.24) is 14.5 Å². The lowest BCUT2D eigenvalue weighted by molar-refractivity contribution is -0.389. The summed E-state index contributed by atoms with van der Waals surface area (Å²) in [6.45, 7) is 3.60. The Hall–Kier alpha value is -4.58. The third-order valence-electron chi connectivity index (χ3n) is 7.60. The van der Waals surface area contributed by atoms with Gasteiger partial charge in [-0.1, -0.05) is 30.3 Å². The summed E-state index contributed by atoms with van der Waals surface area (Å²) in [5, 5.41) is 11.0. The molecule has 0 N–H and O–H groups in total. The number of aryl methyl sites for hydroxylation is 1. The predicted octanol–water partition coefficient (Wildman–Crippen LogP) is 6.18. The van der Waals surface area contributed by atoms with E-state index in [1.807, 2.05) is 30.3 Å². The number of benzene rings is 3. The average Bonchev–Trinajstić information content (AvgIpc) is 3.44. The minimum absolute atomic E-state index is 0.190. The lowest BCUT2D eigenvalue weighted by Crippen LogP contribution is -2.31. The quantitative estimate of drug-likeness (QED) is 0.169. The van der Waals surface area contributed by atoms with E-state index in [0.29, 0.717) is 30.9 Å². The van der Waals surface area contributed by atoms with Crippen LogP contribution in [-0.4, -0.2) is 38.6 Å². The van der Waals surface area contributed by atoms with Crippen LogP contribution in [0.4, 0.5) is 19.0 Å². The SMILES string of the molecule is O=[N+]([O-])c1cn2c(n1)O[C@@H](COc1ccc3c(c1)CCN(Cc1ccc(OCc4ccc(C(F)(F)F)cc4)cc1)C3)CC2. The van der Waals surface area contributed by atoms with Gasteiger partial charge in [-0.2, -0.15) is 13.2 Å². The number of alkyl halides is 3. The first-order valence-electron chi connectivity index (χ1n) is 13.9. The number of fused-ring (bicyclic) bond motifs is 2. The molecule has 0 bridgehead atoms. The highest BCUT2D eigenvalue weighted by Gasteiger charge is 2.30. The summed E-state index contributed by atoms with van der Waals surface area (Å²) in [4.78, 5) is 16.7. The van der Waals surface area contributed by atoms with Gasteiger partial charge in [0.15, 0.2) is 0 Å². The van der Waals surface area contributed by atoms with Crippen LogP contribution in [0.3, 0.4) is 0 Å². The van der Waals surface area contributed by atoms with Crippen molar-refractivity contribution in [2.75, 3.05) is 13.2 Å². The van der Waals surface area contributed by atoms with Crippen LogP contribution in [0, 0.1) is 10.1 Å². The zero-order valence-corrected chi connectivity index (χ0v) is 23.1. The van der Waals surface area contributed by atoms with Gasteiger partial charge < -0.3 is 24.3 Å². The first-order chi connectivity index (χ1) is 20.7. The van der Waals surface area contributed by atoms with Gasteiger partial charge in [-0.25, -0.2) is 0 Å². The maximum Gasteiger partial charge on any atom is 0.416 e. The van der Waals surface area contributed by atoms with Crippen LogP contribution in [0.5, 0.6) is 17.5 Å². The van der Waals surface area contributed by atoms with Crippen molar-refractivity contribution in [3.63, 3.8) is 0 Å². The van der Waals surface area contributed by atoms with Crippen LogP contribution < -0.4 is 14.2 Å². The Kier molecular flexibility index (Phi) is 7.94. The van der Waals surface area contributed by atoms with E-state index < -0.39 is 16.7 Å². The summed E-state index contributed by atoms with van der Waals surface area (Å²) in [7, 11) is 0. The van der Waals surface area contributed by atoms with E-state index in [9.17, 15) is 23.3 Å². The summed E-state index contributed by atoms with van der Waals surface area (Å²) >= 11 is 0. The molecule has 2 aliphatic rings. The third kappa shape index (κ3) is 6.91. The van der Waals surface area contributed by atoms with E-state index in [1.54, 1.807) is 4.57 Å². The Bertz CT molecular complexity index is 1590. The largest absolute Gasteiger partial charge is 0.490 e. The number of hydrogen-bond acceptors (Lipinski definition) is 7. The lowest BCUT2D eigenvalue weighted by atomic mass is 9.99. The molecule has 0 saturated heterocycles. The first-order valence-corrected chi connectivity index (χ1v) is 13.9. The second-order valence-corrected chi connectivity index (χ2v) is 10.7. The molecule has 0 aliphatic carbocycles. The number of halogens is 3. The van der Waals surface area contributed by atoms with Crippen molar-refractivity contribution in [2.24, 2.45) is 0 Å². The monoisotopic (exact) mass is 594 g/mol. The molecule has 9 nitrogen and oxygen atoms in total. The topological polar surface area (TPSA) is 91.9 Å². The second kappa shape index (κ2) is 12.0. The van der Waals surface area contributed by atoms with Gasteiger partial charge in [0.05, 0.1) is 5.56 Å². The number of nitrogens with zero attached hydrogens (tertiary/aromatic N) is 4. The highest BCUT2D eigenvalue weighted by atomic mass is 19.4. The number of hydrogen-bond donors (Lipinski definition) is 0. The highest BCUT2D eigenvalue weighted by Crippen LogP contribution is 2.30. The molecule has 6 rings (SSSR count). The molecule has 0 radical (unpaired) electrons. The fourth-order valence-corrected chi connectivity index (χ4v) is 5.24. The number of rotatable bonds is 9. The molecule has 12 heteroatoms. The Balaban J connectivity index is 0.968. The standard InChI is InChI=1S/C31H29F3N4O5/c32-31(33,34)25-6-1-22(2-7-25)19-41-26-8-3-21(4-9-26)16-36-13-11-23-15-27(10-5-24(23)17-36)42-20-28-12-14-37-18-29(38(39)40)35-30(37)43-28/h1-10,15,18,28H,11-14,16-17,19-20H2/t28-/m1/s1. The van der Waals surface area contributed by atoms with E-state index in [4.69, 9.17) is 14.2 Å². The van der Waals surface area contributed by atoms with Gasteiger partial charge in [0.25, 0.3) is 0 Å². The molecule has 0 saturated carbocycles. The van der Waals surface area contributed by atoms with E-state index in [2.05, 4.69) is 22.0 Å². The van der Waals surface area contributed by atoms with Crippen molar-refractivity contribution < 1.29 is 32.3 Å². The average molecular weight is 595 g/mol. The molecular weight excluding hydrogens is 565 g/mol. The van der Waals surface area contributed by atoms with Crippen LogP contribution >= 0.6 is 0 Å². The van der Waals surface area contributed by atoms with Gasteiger partial charge in [-0.3, -0.25) is 9.47 Å². The van der Waals surface area contributed by atoms with E-state index in [1.165, 1.54) is 29.5 Å². The maximum atomic E-state index is 12.7. The molecule has 3 heterocycles. The summed E-state index contributed by atoms with van der Waals surface area (Å²) in [5.74, 6) is 1.20. The molecule has 0 unspecified atom stereocenters. The van der Waals surface area contributed by atoms with Crippen LogP contribution in [0.25, 0.3) is 0 Å². The third-order valence-corrected chi connectivity index (χ3v) is 7.60. The van der Waals surface area contributed by atoms with Crippen molar-refractivity contribution in [3.8, 4) is 17.5 Å². The van der Waals surface area contributed by atoms with Gasteiger partial charge >= 0.3 is 18.0 Å². The highest BCUT2D eigenvalue weighted by molar-refractivity contribution is 5.37. The number of nitro groups is 1. The zero-order valence-electron chi connectivity index (χ0n) is 23.1. The molecule has 224 valence electrons. The number of imidazole rings is 1. The first kappa shape index (κ1) is 28.5. The normalized spacial score (nSPS) is 16.6. The molecule has 2 aliphatic heterocycles. The number of ether oxygens (including phenoxy) is 3. The van der Waals surface area contributed by atoms with Crippen molar-refractivity contribution in [1.29, 1.82) is 0 Å². The predicted molar refractivity (Wildman–Crippen MR) is 150 cm³/mol. The summed E-state index contributed by atoms with van der Waals surface area (Å²) < 4.78 is 57.5. The van der Waals surface area contributed by atoms with Crippen LogP contribution in [-0.2, 0) is 38.8 Å². The van der Waals surface area contributed by atoms with Gasteiger partial charge in [0.2, 0.25) is 0 Å². The molecular formula is C31H29F3N4O5. The Morgan fingerprint density at radius 1 is 0.953 bits per heavy atom. The minimum Gasteiger partial charge on any atom is -0.490 e. The Morgan fingerprint density at radius 2 is 1.70 bits per heavy atom. The summed E-state index contributed by atoms with van der Waals surface area (Å²) in [5.41, 5.74) is 3.63. The Labute approximate surface area is 245 Å². The number of aromatic nitrogens is 2. The lowest BCUT2D eigenvalue weighted by Gasteiger charge is -2.29. The van der Waals surface area contributed by atoms with E-state index >= 15 is 0 Å². The van der Waals surface area contributed by atoms with Crippen LogP contribution in [0.15, 0.2) is 72.9 Å². The van der Waals surface area contributed by atoms with Crippen LogP contribution in [0.2, 0.25) is 0 Å². The van der Waals surface area contributed by atoms with Gasteiger partial charge in [0, 0.05) is 37.6 Å². The van der Waals surface area contributed by atoms with E-state index in [-0.39, 0.29) is 24.5 Å². The minimum atomic E-state index is -4.35. The fourth-order valence-electron chi connectivity index (χ4n) is 5.24. The fraction of sp³-hybridized carbons (Fsp3) is 0.323. The maximum absolute atomic E-state index is 12.7. The van der Waals surface area contributed by atoms with Crippen molar-refractivity contribution in [2.45, 2.75) is 51.4 Å². The zero-order chi connectivity index (χ0) is 30.0. The molecule has 0 spiro atoms. The van der Waals surface area contributed by atoms with Gasteiger partial charge in [0.1, 0.15) is 37.0 Å². The molecule has 0 amide bonds. The molecule has 0 fully saturated rings. The second-order valence-electron chi connectivity index (χ2n) is 10.7. The Morgan fingerprint density at radius 3 is 2.44 bits per heavy atom. The smallest absolute Gasteiger partial charge is 0.416 e.